The highest BCUT2D eigenvalue weighted by Crippen LogP contribution is 2.34. The van der Waals surface area contributed by atoms with Crippen molar-refractivity contribution < 1.29 is 37.7 Å². The van der Waals surface area contributed by atoms with Crippen LogP contribution in [0.2, 0.25) is 0 Å². The Morgan fingerprint density at radius 1 is 0.969 bits per heavy atom. The summed E-state index contributed by atoms with van der Waals surface area (Å²) in [5.41, 5.74) is -0.457. The first-order chi connectivity index (χ1) is 15.2. The molecule has 1 aliphatic heterocycles. The van der Waals surface area contributed by atoms with Crippen LogP contribution in [-0.4, -0.2) is 62.4 Å². The van der Waals surface area contributed by atoms with Crippen molar-refractivity contribution in [3.8, 4) is 17.0 Å². The summed E-state index contributed by atoms with van der Waals surface area (Å²) in [7, 11) is 0. The summed E-state index contributed by atoms with van der Waals surface area (Å²) < 4.78 is 36.3. The van der Waals surface area contributed by atoms with Gasteiger partial charge in [0, 0.05) is 50.5 Å². The third-order valence-corrected chi connectivity index (χ3v) is 5.42. The number of halogens is 1. The zero-order valence-corrected chi connectivity index (χ0v) is 18.2. The van der Waals surface area contributed by atoms with Gasteiger partial charge in [-0.05, 0) is 0 Å². The van der Waals surface area contributed by atoms with Crippen molar-refractivity contribution in [3.63, 3.8) is 0 Å². The zero-order valence-electron chi connectivity index (χ0n) is 17.4. The standard InChI is InChI=1S/C20H20FN3O7S/c1-10(25)28-16-8-32-20(19(30-12(3)27)18(16)29-11(2)26)31-14-4-15(21)17(24-7-14)13-5-22-9-23-6-13/h4-7,9,16,18-20H,8H2,1-3H3/t16-,18+,19-,20+/m1/s1. The molecule has 0 aromatic carbocycles. The van der Waals surface area contributed by atoms with Gasteiger partial charge in [0.25, 0.3) is 0 Å². The minimum absolute atomic E-state index is 0.0403. The Balaban J connectivity index is 1.85. The minimum atomic E-state index is -1.12. The molecule has 0 N–H and O–H groups in total. The third-order valence-electron chi connectivity index (χ3n) is 4.21. The molecule has 1 aliphatic rings. The molecule has 2 aromatic heterocycles. The Bertz CT molecular complexity index is 994. The van der Waals surface area contributed by atoms with E-state index in [-0.39, 0.29) is 17.2 Å². The monoisotopic (exact) mass is 465 g/mol. The molecule has 3 rings (SSSR count). The fourth-order valence-corrected chi connectivity index (χ4v) is 4.28. The van der Waals surface area contributed by atoms with E-state index in [2.05, 4.69) is 15.0 Å². The summed E-state index contributed by atoms with van der Waals surface area (Å²) in [5.74, 6) is -2.32. The summed E-state index contributed by atoms with van der Waals surface area (Å²) >= 11 is 1.16. The third kappa shape index (κ3) is 5.90. The van der Waals surface area contributed by atoms with Crippen LogP contribution in [0, 0.1) is 5.82 Å². The average Bonchev–Trinajstić information content (AvgIpc) is 2.72. The highest BCUT2D eigenvalue weighted by Gasteiger charge is 2.47. The Morgan fingerprint density at radius 2 is 1.59 bits per heavy atom. The van der Waals surface area contributed by atoms with Gasteiger partial charge in [-0.15, -0.1) is 11.8 Å². The van der Waals surface area contributed by atoms with E-state index in [0.29, 0.717) is 5.56 Å². The van der Waals surface area contributed by atoms with E-state index in [9.17, 15) is 18.8 Å². The normalized spacial score (nSPS) is 22.5. The fraction of sp³-hybridized carbons (Fsp3) is 0.400. The molecule has 0 unspecified atom stereocenters. The first kappa shape index (κ1) is 23.4. The number of ether oxygens (including phenoxy) is 4. The molecule has 1 saturated heterocycles. The van der Waals surface area contributed by atoms with Crippen molar-refractivity contribution >= 4 is 29.7 Å². The van der Waals surface area contributed by atoms with E-state index >= 15 is 0 Å². The van der Waals surface area contributed by atoms with Crippen LogP contribution in [0.1, 0.15) is 20.8 Å². The number of carbonyl (C=O) groups is 3. The van der Waals surface area contributed by atoms with Crippen LogP contribution in [0.3, 0.4) is 0 Å². The van der Waals surface area contributed by atoms with Crippen molar-refractivity contribution in [2.75, 3.05) is 5.75 Å². The van der Waals surface area contributed by atoms with Crippen LogP contribution >= 0.6 is 11.8 Å². The molecule has 2 aromatic rings. The van der Waals surface area contributed by atoms with Crippen molar-refractivity contribution in [1.82, 2.24) is 15.0 Å². The number of pyridine rings is 1. The lowest BCUT2D eigenvalue weighted by atomic mass is 10.1. The van der Waals surface area contributed by atoms with Crippen LogP contribution in [0.15, 0.2) is 31.0 Å². The Hall–Kier alpha value is -3.28. The Morgan fingerprint density at radius 3 is 2.19 bits per heavy atom. The van der Waals surface area contributed by atoms with Gasteiger partial charge < -0.3 is 18.9 Å². The molecule has 1 fully saturated rings. The lowest BCUT2D eigenvalue weighted by Gasteiger charge is -2.39. The maximum Gasteiger partial charge on any atom is 0.303 e. The molecule has 0 spiro atoms. The predicted octanol–water partition coefficient (Wildman–Crippen LogP) is 1.92. The van der Waals surface area contributed by atoms with Crippen LogP contribution in [0.25, 0.3) is 11.3 Å². The average molecular weight is 465 g/mol. The predicted molar refractivity (Wildman–Crippen MR) is 109 cm³/mol. The molecule has 3 heterocycles. The summed E-state index contributed by atoms with van der Waals surface area (Å²) in [4.78, 5) is 46.5. The number of carbonyl (C=O) groups excluding carboxylic acids is 3. The molecule has 4 atom stereocenters. The van der Waals surface area contributed by atoms with Crippen molar-refractivity contribution in [2.24, 2.45) is 0 Å². The second-order valence-corrected chi connectivity index (χ2v) is 7.88. The lowest BCUT2D eigenvalue weighted by Crippen LogP contribution is -2.55. The number of hydrogen-bond acceptors (Lipinski definition) is 11. The van der Waals surface area contributed by atoms with Crippen LogP contribution < -0.4 is 4.74 Å². The van der Waals surface area contributed by atoms with Gasteiger partial charge in [-0.1, -0.05) is 0 Å². The number of esters is 3. The van der Waals surface area contributed by atoms with Gasteiger partial charge in [0.15, 0.2) is 29.6 Å². The second-order valence-electron chi connectivity index (χ2n) is 6.74. The summed E-state index contributed by atoms with van der Waals surface area (Å²) in [6.45, 7) is 3.57. The largest absolute Gasteiger partial charge is 0.474 e. The van der Waals surface area contributed by atoms with Gasteiger partial charge in [0.05, 0.1) is 6.20 Å². The van der Waals surface area contributed by atoms with Crippen LogP contribution in [0.5, 0.6) is 5.75 Å². The molecule has 10 nitrogen and oxygen atoms in total. The number of aromatic nitrogens is 3. The fourth-order valence-electron chi connectivity index (χ4n) is 3.06. The number of thioether (sulfide) groups is 1. The van der Waals surface area contributed by atoms with Crippen LogP contribution in [-0.2, 0) is 28.6 Å². The van der Waals surface area contributed by atoms with Gasteiger partial charge in [0.1, 0.15) is 17.8 Å². The first-order valence-corrected chi connectivity index (χ1v) is 10.5. The van der Waals surface area contributed by atoms with Gasteiger partial charge in [0.2, 0.25) is 0 Å². The van der Waals surface area contributed by atoms with Crippen molar-refractivity contribution in [2.45, 2.75) is 44.5 Å². The van der Waals surface area contributed by atoms with Crippen LogP contribution in [0.4, 0.5) is 4.39 Å². The minimum Gasteiger partial charge on any atom is -0.474 e. The smallest absolute Gasteiger partial charge is 0.303 e. The maximum absolute atomic E-state index is 14.6. The molecule has 0 saturated carbocycles. The molecule has 0 radical (unpaired) electrons. The number of hydrogen-bond donors (Lipinski definition) is 0. The quantitative estimate of drug-likeness (QED) is 0.459. The molecule has 0 aliphatic carbocycles. The van der Waals surface area contributed by atoms with Crippen molar-refractivity contribution in [1.29, 1.82) is 0 Å². The maximum atomic E-state index is 14.6. The van der Waals surface area contributed by atoms with Gasteiger partial charge in [-0.2, -0.15) is 0 Å². The number of nitrogens with zero attached hydrogens (tertiary/aromatic N) is 3. The zero-order chi connectivity index (χ0) is 23.3. The first-order valence-electron chi connectivity index (χ1n) is 9.45. The van der Waals surface area contributed by atoms with E-state index in [1.807, 2.05) is 0 Å². The van der Waals surface area contributed by atoms with E-state index in [0.717, 1.165) is 17.8 Å². The van der Waals surface area contributed by atoms with E-state index in [1.165, 1.54) is 45.7 Å². The summed E-state index contributed by atoms with van der Waals surface area (Å²) in [6, 6.07) is 1.12. The van der Waals surface area contributed by atoms with Gasteiger partial charge in [-0.3, -0.25) is 14.4 Å². The summed E-state index contributed by atoms with van der Waals surface area (Å²) in [5, 5.41) is 0. The Kier molecular flexibility index (Phi) is 7.57. The molecular weight excluding hydrogens is 445 g/mol. The van der Waals surface area contributed by atoms with E-state index in [4.69, 9.17) is 18.9 Å². The van der Waals surface area contributed by atoms with Gasteiger partial charge >= 0.3 is 17.9 Å². The highest BCUT2D eigenvalue weighted by atomic mass is 32.2. The molecule has 0 bridgehead atoms. The number of rotatable bonds is 6. The molecule has 0 amide bonds. The second kappa shape index (κ2) is 10.4. The molecule has 12 heteroatoms. The topological polar surface area (TPSA) is 127 Å². The molecular formula is C20H20FN3O7S. The van der Waals surface area contributed by atoms with Crippen molar-refractivity contribution in [3.05, 3.63) is 36.8 Å². The molecule has 170 valence electrons. The molecule has 32 heavy (non-hydrogen) atoms. The van der Waals surface area contributed by atoms with E-state index in [1.54, 1.807) is 0 Å². The Labute approximate surface area is 186 Å². The highest BCUT2D eigenvalue weighted by molar-refractivity contribution is 7.99. The van der Waals surface area contributed by atoms with E-state index < -0.39 is 47.5 Å². The lowest BCUT2D eigenvalue weighted by molar-refractivity contribution is -0.186. The summed E-state index contributed by atoms with van der Waals surface area (Å²) in [6.07, 6.45) is 2.37. The SMILES string of the molecule is CC(=O)O[C@@H]1[C@@H](OC(C)=O)[C@@H](Oc2cnc(-c3cncnc3)c(F)c2)SC[C@H]1OC(C)=O. The van der Waals surface area contributed by atoms with Gasteiger partial charge in [-0.25, -0.2) is 19.3 Å².